The van der Waals surface area contributed by atoms with Crippen molar-refractivity contribution in [1.82, 2.24) is 0 Å². The third kappa shape index (κ3) is 1.97. The van der Waals surface area contributed by atoms with Gasteiger partial charge in [-0.15, -0.1) is 46.4 Å². The first-order chi connectivity index (χ1) is 13.4. The van der Waals surface area contributed by atoms with E-state index in [0.29, 0.717) is 0 Å². The van der Waals surface area contributed by atoms with Crippen molar-refractivity contribution >= 4 is 162 Å². The number of fused-ring (bicyclic) bond motifs is 11. The highest BCUT2D eigenvalue weighted by Crippen LogP contribution is 2.86. The highest BCUT2D eigenvalue weighted by molar-refractivity contribution is 6.69. The molecule has 2 fully saturated rings. The van der Waals surface area contributed by atoms with E-state index in [4.69, 9.17) is 162 Å². The number of rotatable bonds is 0. The van der Waals surface area contributed by atoms with E-state index in [9.17, 15) is 0 Å². The predicted octanol–water partition coefficient (Wildman–Crippen LogP) is 9.91. The van der Waals surface area contributed by atoms with Gasteiger partial charge in [0.2, 0.25) is 0 Å². The molecule has 0 radical (unpaired) electrons. The zero-order valence-electron chi connectivity index (χ0n) is 13.4. The maximum atomic E-state index is 7.04. The van der Waals surface area contributed by atoms with Crippen LogP contribution in [0, 0.1) is 11.8 Å². The number of hydrogen-bond donors (Lipinski definition) is 0. The molecule has 6 atom stereocenters. The van der Waals surface area contributed by atoms with Crippen molar-refractivity contribution in [2.24, 2.45) is 11.8 Å². The van der Waals surface area contributed by atoms with Gasteiger partial charge in [-0.2, -0.15) is 0 Å². The highest BCUT2D eigenvalue weighted by Gasteiger charge is 2.89. The summed E-state index contributed by atoms with van der Waals surface area (Å²) in [5.41, 5.74) is 0.438. The molecule has 0 saturated heterocycles. The summed E-state index contributed by atoms with van der Waals surface area (Å²) < 4.78 is -3.92. The molecule has 0 aromatic rings. The molecule has 2 saturated carbocycles. The first kappa shape index (κ1) is 24.7. The summed E-state index contributed by atoms with van der Waals surface area (Å²) in [6.07, 6.45) is 0. The zero-order chi connectivity index (χ0) is 22.8. The minimum atomic E-state index is -1.96. The molecular formula is C16H2Cl14. The molecule has 0 N–H and O–H groups in total. The minimum Gasteiger partial charge on any atom is -0.109 e. The second-order valence-electron chi connectivity index (χ2n) is 7.56. The van der Waals surface area contributed by atoms with Gasteiger partial charge in [0.1, 0.15) is 19.5 Å². The average Bonchev–Trinajstić information content (AvgIpc) is 2.99. The number of halogens is 14. The van der Waals surface area contributed by atoms with Crippen LogP contribution in [0.5, 0.6) is 0 Å². The Morgan fingerprint density at radius 2 is 0.700 bits per heavy atom. The van der Waals surface area contributed by atoms with Gasteiger partial charge in [-0.3, -0.25) is 0 Å². The maximum absolute atomic E-state index is 7.04. The van der Waals surface area contributed by atoms with Crippen molar-refractivity contribution in [2.45, 2.75) is 28.2 Å². The summed E-state index contributed by atoms with van der Waals surface area (Å²) in [6, 6.07) is 0. The lowest BCUT2D eigenvalue weighted by atomic mass is 9.67. The summed E-state index contributed by atoms with van der Waals surface area (Å²) in [7, 11) is 0. The fourth-order valence-corrected chi connectivity index (χ4v) is 11.9. The van der Waals surface area contributed by atoms with Gasteiger partial charge < -0.3 is 0 Å². The molecule has 30 heavy (non-hydrogen) atoms. The summed E-state index contributed by atoms with van der Waals surface area (Å²) in [5, 5.41) is -0.383. The van der Waals surface area contributed by atoms with Crippen molar-refractivity contribution in [1.29, 1.82) is 0 Å². The quantitative estimate of drug-likeness (QED) is 0.222. The normalized spacial score (nSPS) is 50.2. The smallest absolute Gasteiger partial charge is 0.109 e. The molecule has 5 aliphatic rings. The van der Waals surface area contributed by atoms with Crippen LogP contribution in [-0.2, 0) is 0 Å². The fraction of sp³-hybridized carbons (Fsp3) is 0.500. The Hall–Kier alpha value is 3.02. The molecule has 14 heteroatoms. The molecule has 5 aliphatic carbocycles. The average molecular weight is 691 g/mol. The largest absolute Gasteiger partial charge is 0.170 e. The summed E-state index contributed by atoms with van der Waals surface area (Å²) >= 11 is 94.0. The Labute approximate surface area is 241 Å². The van der Waals surface area contributed by atoms with Gasteiger partial charge in [-0.25, -0.2) is 0 Å². The van der Waals surface area contributed by atoms with Crippen LogP contribution in [0.4, 0.5) is 0 Å². The standard InChI is InChI=1S/C16H2Cl14/c17-5-3-1(11(23)7(19)9(21)13(3,25)15(11,27)28)2-4(6(5)18)14(26)10(22)8(20)12(2,24)16(14,29)30/h1-2H. The van der Waals surface area contributed by atoms with Crippen LogP contribution < -0.4 is 0 Å². The van der Waals surface area contributed by atoms with Crippen molar-refractivity contribution < 1.29 is 0 Å². The van der Waals surface area contributed by atoms with Crippen LogP contribution in [0.1, 0.15) is 0 Å². The van der Waals surface area contributed by atoms with E-state index in [1.165, 1.54) is 0 Å². The Bertz CT molecular complexity index is 1010. The lowest BCUT2D eigenvalue weighted by molar-refractivity contribution is 0.349. The molecule has 0 aliphatic heterocycles. The van der Waals surface area contributed by atoms with Crippen LogP contribution >= 0.6 is 162 Å². The number of allylic oxidation sites excluding steroid dienone is 8. The Morgan fingerprint density at radius 1 is 0.433 bits per heavy atom. The van der Waals surface area contributed by atoms with Crippen molar-refractivity contribution in [2.75, 3.05) is 0 Å². The van der Waals surface area contributed by atoms with Gasteiger partial charge in [0.25, 0.3) is 0 Å². The van der Waals surface area contributed by atoms with E-state index >= 15 is 0 Å². The maximum Gasteiger partial charge on any atom is 0.170 e. The Balaban J connectivity index is 1.96. The third-order valence-electron chi connectivity index (χ3n) is 6.63. The summed E-state index contributed by atoms with van der Waals surface area (Å²) in [4.78, 5) is -7.18. The molecule has 0 aromatic heterocycles. The lowest BCUT2D eigenvalue weighted by Crippen LogP contribution is -2.51. The molecule has 0 spiro atoms. The second kappa shape index (κ2) is 6.47. The van der Waals surface area contributed by atoms with Crippen LogP contribution in [0.3, 0.4) is 0 Å². The van der Waals surface area contributed by atoms with Crippen LogP contribution in [0.25, 0.3) is 0 Å². The zero-order valence-corrected chi connectivity index (χ0v) is 24.0. The van der Waals surface area contributed by atoms with Gasteiger partial charge in [0.15, 0.2) is 8.67 Å². The van der Waals surface area contributed by atoms with Gasteiger partial charge in [0.05, 0.1) is 30.2 Å². The summed E-state index contributed by atoms with van der Waals surface area (Å²) in [5.74, 6) is -1.94. The first-order valence-electron chi connectivity index (χ1n) is 7.88. The lowest BCUT2D eigenvalue weighted by Gasteiger charge is -2.46. The minimum absolute atomic E-state index is 0.0315. The van der Waals surface area contributed by atoms with Gasteiger partial charge >= 0.3 is 0 Å². The van der Waals surface area contributed by atoms with E-state index in [1.807, 2.05) is 0 Å². The van der Waals surface area contributed by atoms with Gasteiger partial charge in [0, 0.05) is 11.8 Å². The van der Waals surface area contributed by atoms with Crippen LogP contribution in [-0.4, -0.2) is 28.2 Å². The molecule has 5 rings (SSSR count). The molecule has 0 nitrogen and oxygen atoms in total. The Kier molecular flexibility index (Phi) is 5.33. The monoisotopic (exact) mass is 684 g/mol. The first-order valence-corrected chi connectivity index (χ1v) is 13.2. The SMILES string of the molecule is ClC1=C2C(C3C(=C1Cl)C1(Cl)C(Cl)=C(Cl)C3(Cl)C1(Cl)Cl)C1(Cl)C(Cl)=C(Cl)C2(Cl)C1(Cl)Cl. The van der Waals surface area contributed by atoms with Crippen molar-refractivity contribution in [3.8, 4) is 0 Å². The molecule has 6 unspecified atom stereocenters. The van der Waals surface area contributed by atoms with E-state index in [0.717, 1.165) is 0 Å². The van der Waals surface area contributed by atoms with E-state index in [1.54, 1.807) is 0 Å². The van der Waals surface area contributed by atoms with Crippen molar-refractivity contribution in [3.05, 3.63) is 41.3 Å². The molecular weight excluding hydrogens is 689 g/mol. The van der Waals surface area contributed by atoms with Gasteiger partial charge in [-0.05, 0) is 11.1 Å². The molecule has 0 heterocycles. The van der Waals surface area contributed by atoms with Crippen molar-refractivity contribution in [3.63, 3.8) is 0 Å². The van der Waals surface area contributed by atoms with Crippen LogP contribution in [0.15, 0.2) is 41.3 Å². The van der Waals surface area contributed by atoms with E-state index in [2.05, 4.69) is 0 Å². The molecule has 0 aromatic carbocycles. The topological polar surface area (TPSA) is 0 Å². The fourth-order valence-electron chi connectivity index (χ4n) is 5.34. The second-order valence-corrected chi connectivity index (χ2v) is 14.8. The predicted molar refractivity (Wildman–Crippen MR) is 133 cm³/mol. The summed E-state index contributed by atoms with van der Waals surface area (Å²) in [6.45, 7) is 0. The van der Waals surface area contributed by atoms with E-state index in [-0.39, 0.29) is 41.3 Å². The molecule has 164 valence electrons. The third-order valence-corrected chi connectivity index (χ3v) is 15.9. The Morgan fingerprint density at radius 3 is 0.967 bits per heavy atom. The van der Waals surface area contributed by atoms with E-state index < -0.39 is 40.0 Å². The highest BCUT2D eigenvalue weighted by atomic mass is 35.5. The number of hydrogen-bond acceptors (Lipinski definition) is 0. The van der Waals surface area contributed by atoms with Crippen LogP contribution in [0.2, 0.25) is 0 Å². The molecule has 4 bridgehead atoms. The van der Waals surface area contributed by atoms with Gasteiger partial charge in [-0.1, -0.05) is 116 Å². The number of alkyl halides is 8. The molecule has 0 amide bonds.